The molecule has 1 heterocycles. The molecule has 0 bridgehead atoms. The highest BCUT2D eigenvalue weighted by Gasteiger charge is 2.25. The second-order valence-electron chi connectivity index (χ2n) is 7.65. The molecule has 140 valence electrons. The molecule has 0 amide bonds. The zero-order valence-electron chi connectivity index (χ0n) is 16.6. The Bertz CT molecular complexity index is 1110. The van der Waals surface area contributed by atoms with Crippen LogP contribution in [0.1, 0.15) is 50.5 Å². The zero-order chi connectivity index (χ0) is 19.7. The van der Waals surface area contributed by atoms with Gasteiger partial charge in [0.05, 0.1) is 0 Å². The number of rotatable bonds is 5. The van der Waals surface area contributed by atoms with E-state index < -0.39 is 0 Å². The summed E-state index contributed by atoms with van der Waals surface area (Å²) < 4.78 is 0. The van der Waals surface area contributed by atoms with Crippen molar-refractivity contribution in [2.24, 2.45) is 0 Å². The molecule has 0 radical (unpaired) electrons. The number of aryl methyl sites for hydroxylation is 3. The van der Waals surface area contributed by atoms with Crippen LogP contribution in [0.25, 0.3) is 10.9 Å². The Hall–Kier alpha value is -3.13. The molecule has 1 aromatic heterocycles. The van der Waals surface area contributed by atoms with Gasteiger partial charge in [-0.3, -0.25) is 4.79 Å². The number of fused-ring (bicyclic) bond motifs is 1. The maximum absolute atomic E-state index is 13.1. The van der Waals surface area contributed by atoms with Crippen LogP contribution in [-0.4, -0.2) is 10.8 Å². The molecule has 1 N–H and O–H groups in total. The van der Waals surface area contributed by atoms with Gasteiger partial charge in [0, 0.05) is 35.0 Å². The highest BCUT2D eigenvalue weighted by Crippen LogP contribution is 2.37. The van der Waals surface area contributed by atoms with E-state index in [0.717, 1.165) is 11.1 Å². The van der Waals surface area contributed by atoms with Crippen molar-refractivity contribution in [3.8, 4) is 0 Å². The number of hydrogen-bond acceptors (Lipinski definition) is 1. The highest BCUT2D eigenvalue weighted by molar-refractivity contribution is 5.97. The lowest BCUT2D eigenvalue weighted by Crippen LogP contribution is -2.12. The summed E-state index contributed by atoms with van der Waals surface area (Å²) in [4.78, 5) is 16.5. The number of aromatic amines is 1. The smallest absolute Gasteiger partial charge is 0.163 e. The third-order valence-electron chi connectivity index (χ3n) is 5.57. The molecule has 2 nitrogen and oxygen atoms in total. The van der Waals surface area contributed by atoms with Crippen LogP contribution in [0, 0.1) is 20.8 Å². The molecular weight excluding hydrogens is 342 g/mol. The van der Waals surface area contributed by atoms with Crippen molar-refractivity contribution in [2.75, 3.05) is 0 Å². The van der Waals surface area contributed by atoms with Crippen LogP contribution < -0.4 is 0 Å². The number of ketones is 1. The van der Waals surface area contributed by atoms with E-state index in [0.29, 0.717) is 6.42 Å². The van der Waals surface area contributed by atoms with Crippen LogP contribution in [0.3, 0.4) is 0 Å². The maximum Gasteiger partial charge on any atom is 0.163 e. The second kappa shape index (κ2) is 7.47. The number of carbonyl (C=O) groups is 1. The molecule has 4 rings (SSSR count). The van der Waals surface area contributed by atoms with Gasteiger partial charge in [-0.05, 0) is 49.1 Å². The molecule has 0 saturated heterocycles. The summed E-state index contributed by atoms with van der Waals surface area (Å²) in [6.07, 6.45) is 2.53. The van der Waals surface area contributed by atoms with Crippen molar-refractivity contribution in [3.05, 3.63) is 106 Å². The number of hydrogen-bond donors (Lipinski definition) is 1. The Morgan fingerprint density at radius 1 is 0.893 bits per heavy atom. The van der Waals surface area contributed by atoms with Crippen LogP contribution in [0.15, 0.2) is 72.9 Å². The molecule has 0 aliphatic heterocycles. The topological polar surface area (TPSA) is 32.9 Å². The van der Waals surface area contributed by atoms with E-state index in [1.165, 1.54) is 33.2 Å². The van der Waals surface area contributed by atoms with Gasteiger partial charge in [0.25, 0.3) is 0 Å². The number of carbonyl (C=O) groups excluding carboxylic acids is 1. The average Bonchev–Trinajstić information content (AvgIpc) is 3.11. The summed E-state index contributed by atoms with van der Waals surface area (Å²) in [6, 6.07) is 22.4. The molecule has 2 heteroatoms. The molecule has 0 aliphatic rings. The summed E-state index contributed by atoms with van der Waals surface area (Å²) in [7, 11) is 0. The first-order valence-electron chi connectivity index (χ1n) is 9.76. The first-order chi connectivity index (χ1) is 13.5. The fraction of sp³-hybridized carbons (Fsp3) is 0.192. The van der Waals surface area contributed by atoms with E-state index in [1.54, 1.807) is 0 Å². The second-order valence-corrected chi connectivity index (χ2v) is 7.65. The largest absolute Gasteiger partial charge is 0.361 e. The minimum Gasteiger partial charge on any atom is -0.361 e. The van der Waals surface area contributed by atoms with Crippen LogP contribution in [0.2, 0.25) is 0 Å². The van der Waals surface area contributed by atoms with Gasteiger partial charge in [-0.25, -0.2) is 0 Å². The van der Waals surface area contributed by atoms with E-state index in [2.05, 4.69) is 62.3 Å². The molecule has 0 spiro atoms. The lowest BCUT2D eigenvalue weighted by molar-refractivity contribution is 0.0977. The Morgan fingerprint density at radius 3 is 2.25 bits per heavy atom. The van der Waals surface area contributed by atoms with Crippen LogP contribution >= 0.6 is 0 Å². The number of H-pyrrole nitrogens is 1. The van der Waals surface area contributed by atoms with E-state index >= 15 is 0 Å². The number of nitrogens with one attached hydrogen (secondary N) is 1. The maximum atomic E-state index is 13.1. The van der Waals surface area contributed by atoms with Crippen molar-refractivity contribution in [2.45, 2.75) is 33.1 Å². The number of aromatic nitrogens is 1. The molecule has 1 atom stereocenters. The molecule has 3 aromatic carbocycles. The van der Waals surface area contributed by atoms with Gasteiger partial charge in [0.15, 0.2) is 5.78 Å². The van der Waals surface area contributed by atoms with Gasteiger partial charge in [0.1, 0.15) is 0 Å². The van der Waals surface area contributed by atoms with Gasteiger partial charge in [-0.1, -0.05) is 66.2 Å². The Kier molecular flexibility index (Phi) is 4.87. The standard InChI is InChI=1S/C26H25NO/c1-17-13-18(2)26(19(3)14-17)22(15-25(28)20-9-5-4-6-10-20)23-16-27-24-12-8-7-11-21(23)24/h4-14,16,22,27H,15H2,1-3H3/t22-/m1/s1. The van der Waals surface area contributed by atoms with E-state index in [9.17, 15) is 4.79 Å². The van der Waals surface area contributed by atoms with E-state index in [4.69, 9.17) is 0 Å². The fourth-order valence-electron chi connectivity index (χ4n) is 4.42. The summed E-state index contributed by atoms with van der Waals surface area (Å²) in [6.45, 7) is 6.44. The molecule has 0 unspecified atom stereocenters. The average molecular weight is 367 g/mol. The van der Waals surface area contributed by atoms with Crippen molar-refractivity contribution in [3.63, 3.8) is 0 Å². The predicted octanol–water partition coefficient (Wildman–Crippen LogP) is 6.50. The summed E-state index contributed by atoms with van der Waals surface area (Å²) in [5.41, 5.74) is 8.08. The van der Waals surface area contributed by atoms with Gasteiger partial charge in [-0.15, -0.1) is 0 Å². The predicted molar refractivity (Wildman–Crippen MR) is 116 cm³/mol. The first-order valence-corrected chi connectivity index (χ1v) is 9.76. The van der Waals surface area contributed by atoms with Gasteiger partial charge in [-0.2, -0.15) is 0 Å². The minimum absolute atomic E-state index is 0.0180. The molecule has 0 aliphatic carbocycles. The van der Waals surface area contributed by atoms with Crippen LogP contribution in [0.4, 0.5) is 0 Å². The van der Waals surface area contributed by atoms with Crippen LogP contribution in [0.5, 0.6) is 0 Å². The third-order valence-corrected chi connectivity index (χ3v) is 5.57. The summed E-state index contributed by atoms with van der Waals surface area (Å²) in [5.74, 6) is 0.194. The molecule has 28 heavy (non-hydrogen) atoms. The monoisotopic (exact) mass is 367 g/mol. The molecule has 0 fully saturated rings. The number of benzene rings is 3. The molecule has 4 aromatic rings. The van der Waals surface area contributed by atoms with Crippen molar-refractivity contribution in [1.82, 2.24) is 4.98 Å². The Labute approximate surface area is 166 Å². The zero-order valence-corrected chi connectivity index (χ0v) is 16.6. The van der Waals surface area contributed by atoms with Crippen molar-refractivity contribution in [1.29, 1.82) is 0 Å². The Morgan fingerprint density at radius 2 is 1.54 bits per heavy atom. The summed E-state index contributed by atoms with van der Waals surface area (Å²) >= 11 is 0. The van der Waals surface area contributed by atoms with E-state index in [-0.39, 0.29) is 11.7 Å². The van der Waals surface area contributed by atoms with Crippen molar-refractivity contribution >= 4 is 16.7 Å². The SMILES string of the molecule is Cc1cc(C)c([C@H](CC(=O)c2ccccc2)c2c[nH]c3ccccc23)c(C)c1. The van der Waals surface area contributed by atoms with Crippen molar-refractivity contribution < 1.29 is 4.79 Å². The van der Waals surface area contributed by atoms with Gasteiger partial charge < -0.3 is 4.98 Å². The molecular formula is C26H25NO. The van der Waals surface area contributed by atoms with E-state index in [1.807, 2.05) is 36.4 Å². The lowest BCUT2D eigenvalue weighted by atomic mass is 9.81. The quantitative estimate of drug-likeness (QED) is 0.401. The molecule has 0 saturated carbocycles. The normalized spacial score (nSPS) is 12.2. The van der Waals surface area contributed by atoms with Gasteiger partial charge >= 0.3 is 0 Å². The van der Waals surface area contributed by atoms with Crippen LogP contribution in [-0.2, 0) is 0 Å². The number of Topliss-reactive ketones (excluding diaryl/α,β-unsaturated/α-hetero) is 1. The summed E-state index contributed by atoms with van der Waals surface area (Å²) in [5, 5.41) is 1.19. The number of para-hydroxylation sites is 1. The third kappa shape index (κ3) is 3.38. The first kappa shape index (κ1) is 18.2. The Balaban J connectivity index is 1.86. The fourth-order valence-corrected chi connectivity index (χ4v) is 4.42. The van der Waals surface area contributed by atoms with Gasteiger partial charge in [0.2, 0.25) is 0 Å². The minimum atomic E-state index is 0.0180. The lowest BCUT2D eigenvalue weighted by Gasteiger charge is -2.22. The highest BCUT2D eigenvalue weighted by atomic mass is 16.1.